The molecule has 1 amide bonds. The van der Waals surface area contributed by atoms with Gasteiger partial charge in [0.2, 0.25) is 16.8 Å². The van der Waals surface area contributed by atoms with E-state index in [4.69, 9.17) is 14.2 Å². The Bertz CT molecular complexity index is 1130. The summed E-state index contributed by atoms with van der Waals surface area (Å²) >= 11 is 0. The molecule has 9 nitrogen and oxygen atoms in total. The normalized spacial score (nSPS) is 20.4. The second-order valence-electron chi connectivity index (χ2n) is 7.53. The molecule has 0 bridgehead atoms. The van der Waals surface area contributed by atoms with E-state index in [9.17, 15) is 13.2 Å². The number of hydrogen-bond acceptors (Lipinski definition) is 7. The van der Waals surface area contributed by atoms with E-state index in [2.05, 4.69) is 10.0 Å². The number of fused-ring (bicyclic) bond motifs is 2. The molecule has 0 radical (unpaired) electrons. The number of hydrogen-bond donors (Lipinski definition) is 2. The zero-order valence-electron chi connectivity index (χ0n) is 16.3. The van der Waals surface area contributed by atoms with E-state index in [1.807, 2.05) is 0 Å². The van der Waals surface area contributed by atoms with Gasteiger partial charge in [0, 0.05) is 37.6 Å². The van der Waals surface area contributed by atoms with Crippen molar-refractivity contribution in [3.8, 4) is 17.2 Å². The monoisotopic (exact) mass is 431 g/mol. The van der Waals surface area contributed by atoms with Crippen LogP contribution in [0.15, 0.2) is 41.3 Å². The van der Waals surface area contributed by atoms with Crippen LogP contribution in [0, 0.1) is 0 Å². The fraction of sp³-hybridized carbons (Fsp3) is 0.350. The first kappa shape index (κ1) is 19.0. The molecule has 30 heavy (non-hydrogen) atoms. The van der Waals surface area contributed by atoms with Gasteiger partial charge in [0.05, 0.1) is 12.8 Å². The molecule has 1 spiro atoms. The molecule has 0 saturated carbocycles. The van der Waals surface area contributed by atoms with Gasteiger partial charge in [-0.3, -0.25) is 4.79 Å². The van der Waals surface area contributed by atoms with Crippen molar-refractivity contribution in [1.82, 2.24) is 9.62 Å². The van der Waals surface area contributed by atoms with Gasteiger partial charge in [-0.15, -0.1) is 0 Å². The number of carbonyl (C=O) groups is 1. The predicted molar refractivity (Wildman–Crippen MR) is 107 cm³/mol. The number of benzene rings is 2. The van der Waals surface area contributed by atoms with Gasteiger partial charge in [0.1, 0.15) is 16.3 Å². The fourth-order valence-electron chi connectivity index (χ4n) is 4.09. The van der Waals surface area contributed by atoms with Crippen molar-refractivity contribution in [3.63, 3.8) is 0 Å². The van der Waals surface area contributed by atoms with Gasteiger partial charge in [0.15, 0.2) is 11.5 Å². The maximum Gasteiger partial charge on any atom is 0.253 e. The molecule has 3 heterocycles. The van der Waals surface area contributed by atoms with Gasteiger partial charge in [-0.25, -0.2) is 8.42 Å². The minimum absolute atomic E-state index is 0.121. The molecule has 3 aliphatic rings. The first-order valence-corrected chi connectivity index (χ1v) is 11.1. The average molecular weight is 431 g/mol. The highest BCUT2D eigenvalue weighted by molar-refractivity contribution is 7.89. The third-order valence-electron chi connectivity index (χ3n) is 5.70. The van der Waals surface area contributed by atoms with Gasteiger partial charge in [-0.05, 0) is 30.3 Å². The van der Waals surface area contributed by atoms with E-state index in [0.29, 0.717) is 54.4 Å². The van der Waals surface area contributed by atoms with Gasteiger partial charge in [0.25, 0.3) is 5.91 Å². The van der Waals surface area contributed by atoms with E-state index in [1.165, 1.54) is 13.2 Å². The Labute approximate surface area is 174 Å². The summed E-state index contributed by atoms with van der Waals surface area (Å²) in [5.41, 5.74) is 0.176. The highest BCUT2D eigenvalue weighted by Crippen LogP contribution is 2.37. The molecule has 10 heteroatoms. The summed E-state index contributed by atoms with van der Waals surface area (Å²) in [4.78, 5) is 14.8. The molecule has 0 aliphatic carbocycles. The summed E-state index contributed by atoms with van der Waals surface area (Å²) in [5.74, 6) is 1.63. The van der Waals surface area contributed by atoms with Gasteiger partial charge < -0.3 is 24.4 Å². The Morgan fingerprint density at radius 1 is 1.10 bits per heavy atom. The van der Waals surface area contributed by atoms with Crippen molar-refractivity contribution >= 4 is 21.6 Å². The second-order valence-corrected chi connectivity index (χ2v) is 9.19. The van der Waals surface area contributed by atoms with Gasteiger partial charge in [-0.1, -0.05) is 0 Å². The lowest BCUT2D eigenvalue weighted by molar-refractivity contribution is 0.0675. The molecule has 158 valence electrons. The van der Waals surface area contributed by atoms with Crippen molar-refractivity contribution in [2.75, 3.05) is 32.3 Å². The summed E-state index contributed by atoms with van der Waals surface area (Å²) in [5, 5.41) is 3.33. The van der Waals surface area contributed by atoms with Crippen LogP contribution in [0.5, 0.6) is 17.2 Å². The molecule has 2 aromatic carbocycles. The molecule has 1 saturated heterocycles. The SMILES string of the molecule is COc1ccc2c(c1)NC1(CCN(C(=O)c3ccc4c(c3)OCO4)CC1)NS2(=O)=O. The number of likely N-dealkylation sites (tertiary alicyclic amines) is 1. The van der Waals surface area contributed by atoms with Crippen molar-refractivity contribution < 1.29 is 27.4 Å². The molecule has 5 rings (SSSR count). The summed E-state index contributed by atoms with van der Waals surface area (Å²) in [7, 11) is -2.14. The van der Waals surface area contributed by atoms with Gasteiger partial charge >= 0.3 is 0 Å². The van der Waals surface area contributed by atoms with Crippen molar-refractivity contribution in [1.29, 1.82) is 0 Å². The lowest BCUT2D eigenvalue weighted by Gasteiger charge is -2.45. The molecule has 0 unspecified atom stereocenters. The Hall–Kier alpha value is -2.98. The summed E-state index contributed by atoms with van der Waals surface area (Å²) in [6.45, 7) is 0.960. The number of carbonyl (C=O) groups excluding carboxylic acids is 1. The van der Waals surface area contributed by atoms with E-state index < -0.39 is 15.7 Å². The smallest absolute Gasteiger partial charge is 0.253 e. The van der Waals surface area contributed by atoms with Crippen LogP contribution in [0.4, 0.5) is 5.69 Å². The predicted octanol–water partition coefficient (Wildman–Crippen LogP) is 1.76. The van der Waals surface area contributed by atoms with E-state index in [0.717, 1.165) is 0 Å². The molecule has 0 aromatic heterocycles. The zero-order valence-corrected chi connectivity index (χ0v) is 17.1. The lowest BCUT2D eigenvalue weighted by atomic mass is 9.96. The topological polar surface area (TPSA) is 106 Å². The van der Waals surface area contributed by atoms with Crippen LogP contribution >= 0.6 is 0 Å². The molecule has 1 fully saturated rings. The number of ether oxygens (including phenoxy) is 3. The number of amides is 1. The second kappa shape index (κ2) is 6.78. The largest absolute Gasteiger partial charge is 0.497 e. The quantitative estimate of drug-likeness (QED) is 0.746. The highest BCUT2D eigenvalue weighted by Gasteiger charge is 2.44. The van der Waals surface area contributed by atoms with Crippen molar-refractivity contribution in [2.45, 2.75) is 23.4 Å². The van der Waals surface area contributed by atoms with Crippen molar-refractivity contribution in [3.05, 3.63) is 42.0 Å². The van der Waals surface area contributed by atoms with Gasteiger partial charge in [-0.2, -0.15) is 4.72 Å². The number of piperidine rings is 1. The van der Waals surface area contributed by atoms with Crippen LogP contribution in [-0.4, -0.2) is 51.9 Å². The average Bonchev–Trinajstić information content (AvgIpc) is 3.20. The number of sulfonamides is 1. The summed E-state index contributed by atoms with van der Waals surface area (Å²) in [6, 6.07) is 9.93. The maximum absolute atomic E-state index is 12.9. The molecule has 3 aliphatic heterocycles. The van der Waals surface area contributed by atoms with Crippen LogP contribution in [-0.2, 0) is 10.0 Å². The molecule has 2 N–H and O–H groups in total. The van der Waals surface area contributed by atoms with Crippen LogP contribution in [0.2, 0.25) is 0 Å². The van der Waals surface area contributed by atoms with Crippen molar-refractivity contribution in [2.24, 2.45) is 0 Å². The van der Waals surface area contributed by atoms with Crippen LogP contribution < -0.4 is 24.2 Å². The van der Waals surface area contributed by atoms with Crippen LogP contribution in [0.3, 0.4) is 0 Å². The number of nitrogens with one attached hydrogen (secondary N) is 2. The van der Waals surface area contributed by atoms with E-state index >= 15 is 0 Å². The summed E-state index contributed by atoms with van der Waals surface area (Å²) < 4.78 is 44.2. The zero-order chi connectivity index (χ0) is 20.9. The third-order valence-corrected chi connectivity index (χ3v) is 7.30. The fourth-order valence-corrected chi connectivity index (χ4v) is 5.62. The number of methoxy groups -OCH3 is 1. The Morgan fingerprint density at radius 2 is 1.87 bits per heavy atom. The van der Waals surface area contributed by atoms with Crippen LogP contribution in [0.1, 0.15) is 23.2 Å². The minimum Gasteiger partial charge on any atom is -0.497 e. The molecule has 2 aromatic rings. The third kappa shape index (κ3) is 3.12. The standard InChI is InChI=1S/C20H21N3O6S/c1-27-14-3-5-18-15(11-14)21-20(22-30(18,25)26)6-8-23(9-7-20)19(24)13-2-4-16-17(10-13)29-12-28-16/h2-5,10-11,21-22H,6-9,12H2,1H3. The van der Waals surface area contributed by atoms with E-state index in [-0.39, 0.29) is 17.6 Å². The number of anilines is 1. The Kier molecular flexibility index (Phi) is 4.30. The Balaban J connectivity index is 1.34. The first-order chi connectivity index (χ1) is 14.4. The molecular formula is C20H21N3O6S. The first-order valence-electron chi connectivity index (χ1n) is 9.58. The maximum atomic E-state index is 12.9. The lowest BCUT2D eigenvalue weighted by Crippen LogP contribution is -2.62. The van der Waals surface area contributed by atoms with Crippen LogP contribution in [0.25, 0.3) is 0 Å². The minimum atomic E-state index is -3.67. The molecular weight excluding hydrogens is 410 g/mol. The Morgan fingerprint density at radius 3 is 2.63 bits per heavy atom. The molecule has 0 atom stereocenters. The number of rotatable bonds is 2. The van der Waals surface area contributed by atoms with E-state index in [1.54, 1.807) is 35.2 Å². The summed E-state index contributed by atoms with van der Waals surface area (Å²) in [6.07, 6.45) is 0.859. The highest BCUT2D eigenvalue weighted by atomic mass is 32.2. The number of nitrogens with zero attached hydrogens (tertiary/aromatic N) is 1.